The molecule has 0 fully saturated rings. The van der Waals surface area contributed by atoms with E-state index in [-0.39, 0.29) is 6.54 Å². The van der Waals surface area contributed by atoms with Gasteiger partial charge in [0.1, 0.15) is 0 Å². The number of amides is 1. The van der Waals surface area contributed by atoms with Crippen LogP contribution in [-0.2, 0) is 0 Å². The van der Waals surface area contributed by atoms with Gasteiger partial charge in [-0.1, -0.05) is 11.8 Å². The average molecular weight is 260 g/mol. The predicted octanol–water partition coefficient (Wildman–Crippen LogP) is 2.13. The third-order valence-corrected chi connectivity index (χ3v) is 2.65. The van der Waals surface area contributed by atoms with Gasteiger partial charge in [-0.2, -0.15) is 0 Å². The van der Waals surface area contributed by atoms with Gasteiger partial charge in [-0.15, -0.1) is 11.3 Å². The molecule has 0 radical (unpaired) electrons. The smallest absolute Gasteiger partial charge is 0.405 e. The predicted molar refractivity (Wildman–Crippen MR) is 54.9 cm³/mol. The fourth-order valence-electron chi connectivity index (χ4n) is 0.633. The average Bonchev–Trinajstić information content (AvgIpc) is 2.45. The summed E-state index contributed by atoms with van der Waals surface area (Å²) in [6.45, 7) is 0.158. The van der Waals surface area contributed by atoms with Crippen LogP contribution in [-0.4, -0.2) is 17.7 Å². The Morgan fingerprint density at radius 1 is 1.69 bits per heavy atom. The zero-order valence-electron chi connectivity index (χ0n) is 6.50. The van der Waals surface area contributed by atoms with E-state index in [1.54, 1.807) is 0 Å². The second-order valence-electron chi connectivity index (χ2n) is 2.06. The Morgan fingerprint density at radius 2 is 2.46 bits per heavy atom. The van der Waals surface area contributed by atoms with Crippen LogP contribution in [0.15, 0.2) is 15.9 Å². The van der Waals surface area contributed by atoms with Crippen LogP contribution in [0.5, 0.6) is 0 Å². The highest BCUT2D eigenvalue weighted by atomic mass is 79.9. The molecule has 0 unspecified atom stereocenters. The molecular formula is C8H6BrNO2S. The summed E-state index contributed by atoms with van der Waals surface area (Å²) in [6, 6.07) is 3.78. The van der Waals surface area contributed by atoms with Crippen molar-refractivity contribution in [2.75, 3.05) is 6.54 Å². The minimum atomic E-state index is -1.05. The van der Waals surface area contributed by atoms with Gasteiger partial charge in [-0.05, 0) is 28.1 Å². The highest BCUT2D eigenvalue weighted by Gasteiger charge is 1.92. The Kier molecular flexibility index (Phi) is 3.80. The maximum Gasteiger partial charge on any atom is 0.405 e. The largest absolute Gasteiger partial charge is 0.465 e. The molecule has 0 aliphatic rings. The molecule has 0 aliphatic heterocycles. The molecule has 5 heteroatoms. The first-order valence-electron chi connectivity index (χ1n) is 3.39. The molecular weight excluding hydrogens is 254 g/mol. The molecule has 1 aromatic rings. The van der Waals surface area contributed by atoms with Crippen LogP contribution in [0.1, 0.15) is 4.88 Å². The highest BCUT2D eigenvalue weighted by molar-refractivity contribution is 9.11. The molecule has 0 bridgehead atoms. The molecule has 0 spiro atoms. The van der Waals surface area contributed by atoms with Crippen molar-refractivity contribution in [2.45, 2.75) is 0 Å². The van der Waals surface area contributed by atoms with Crippen LogP contribution in [0.4, 0.5) is 4.79 Å². The lowest BCUT2D eigenvalue weighted by Gasteiger charge is -1.88. The molecule has 0 aromatic carbocycles. The summed E-state index contributed by atoms with van der Waals surface area (Å²) in [6.07, 6.45) is -1.05. The lowest BCUT2D eigenvalue weighted by Crippen LogP contribution is -2.20. The first-order valence-corrected chi connectivity index (χ1v) is 5.00. The van der Waals surface area contributed by atoms with Gasteiger partial charge in [0.25, 0.3) is 0 Å². The summed E-state index contributed by atoms with van der Waals surface area (Å²) in [5.74, 6) is 5.53. The summed E-state index contributed by atoms with van der Waals surface area (Å²) in [5, 5.41) is 10.4. The summed E-state index contributed by atoms with van der Waals surface area (Å²) >= 11 is 4.82. The van der Waals surface area contributed by atoms with Crippen molar-refractivity contribution >= 4 is 33.4 Å². The van der Waals surface area contributed by atoms with Gasteiger partial charge in [0, 0.05) is 0 Å². The summed E-state index contributed by atoms with van der Waals surface area (Å²) < 4.78 is 1.02. The minimum Gasteiger partial charge on any atom is -0.465 e. The molecule has 0 saturated heterocycles. The van der Waals surface area contributed by atoms with Crippen LogP contribution < -0.4 is 5.32 Å². The number of hydrogen-bond donors (Lipinski definition) is 2. The molecule has 68 valence electrons. The van der Waals surface area contributed by atoms with Gasteiger partial charge >= 0.3 is 6.09 Å². The number of carbonyl (C=O) groups is 1. The monoisotopic (exact) mass is 259 g/mol. The van der Waals surface area contributed by atoms with Crippen molar-refractivity contribution in [2.24, 2.45) is 0 Å². The summed E-state index contributed by atoms with van der Waals surface area (Å²) in [5.41, 5.74) is 0. The maximum absolute atomic E-state index is 10.0. The van der Waals surface area contributed by atoms with Crippen molar-refractivity contribution in [1.82, 2.24) is 5.32 Å². The second-order valence-corrected chi connectivity index (χ2v) is 4.53. The second kappa shape index (κ2) is 4.90. The van der Waals surface area contributed by atoms with Crippen molar-refractivity contribution in [3.63, 3.8) is 0 Å². The molecule has 3 nitrogen and oxygen atoms in total. The first-order chi connectivity index (χ1) is 6.18. The van der Waals surface area contributed by atoms with E-state index in [4.69, 9.17) is 5.11 Å². The van der Waals surface area contributed by atoms with Crippen LogP contribution in [0.2, 0.25) is 0 Å². The minimum absolute atomic E-state index is 0.158. The summed E-state index contributed by atoms with van der Waals surface area (Å²) in [4.78, 5) is 10.9. The Morgan fingerprint density at radius 3 is 3.00 bits per heavy atom. The van der Waals surface area contributed by atoms with Crippen LogP contribution in [0.3, 0.4) is 0 Å². The fourth-order valence-corrected chi connectivity index (χ4v) is 1.89. The van der Waals surface area contributed by atoms with Crippen LogP contribution >= 0.6 is 27.3 Å². The Hall–Kier alpha value is -0.990. The molecule has 0 atom stereocenters. The van der Waals surface area contributed by atoms with Crippen LogP contribution in [0.25, 0.3) is 0 Å². The number of thiophene rings is 1. The van der Waals surface area contributed by atoms with Crippen molar-refractivity contribution < 1.29 is 9.90 Å². The number of hydrogen-bond acceptors (Lipinski definition) is 2. The molecule has 2 N–H and O–H groups in total. The number of carboxylic acid groups (broad SMARTS) is 1. The van der Waals surface area contributed by atoms with Gasteiger partial charge in [0.15, 0.2) is 0 Å². The van der Waals surface area contributed by atoms with E-state index in [0.717, 1.165) is 8.66 Å². The number of nitrogens with one attached hydrogen (secondary N) is 1. The fraction of sp³-hybridized carbons (Fsp3) is 0.125. The van der Waals surface area contributed by atoms with E-state index >= 15 is 0 Å². The third-order valence-electron chi connectivity index (χ3n) is 1.11. The zero-order valence-corrected chi connectivity index (χ0v) is 8.91. The van der Waals surface area contributed by atoms with E-state index in [1.807, 2.05) is 12.1 Å². The Bertz CT molecular complexity index is 364. The lowest BCUT2D eigenvalue weighted by atomic mass is 10.4. The molecule has 0 aliphatic carbocycles. The number of halogens is 1. The van der Waals surface area contributed by atoms with E-state index in [9.17, 15) is 4.79 Å². The molecule has 1 rings (SSSR count). The van der Waals surface area contributed by atoms with E-state index in [0.29, 0.717) is 0 Å². The van der Waals surface area contributed by atoms with Crippen LogP contribution in [0, 0.1) is 11.8 Å². The van der Waals surface area contributed by atoms with Gasteiger partial charge in [0.2, 0.25) is 0 Å². The quantitative estimate of drug-likeness (QED) is 0.760. The Labute approximate surface area is 87.9 Å². The van der Waals surface area contributed by atoms with E-state index in [1.165, 1.54) is 11.3 Å². The van der Waals surface area contributed by atoms with Gasteiger partial charge in [-0.3, -0.25) is 0 Å². The normalized spacial score (nSPS) is 8.69. The van der Waals surface area contributed by atoms with Gasteiger partial charge in [-0.25, -0.2) is 4.79 Å². The van der Waals surface area contributed by atoms with Crippen molar-refractivity contribution in [3.05, 3.63) is 20.8 Å². The van der Waals surface area contributed by atoms with Gasteiger partial charge < -0.3 is 10.4 Å². The lowest BCUT2D eigenvalue weighted by molar-refractivity contribution is 0.196. The van der Waals surface area contributed by atoms with E-state index < -0.39 is 6.09 Å². The Balaban J connectivity index is 2.44. The first kappa shape index (κ1) is 10.1. The molecule has 13 heavy (non-hydrogen) atoms. The molecule has 1 aromatic heterocycles. The standard InChI is InChI=1S/C8H6BrNO2S/c9-7-4-3-6(13-7)2-1-5-10-8(11)12/h3-4,10H,5H2,(H,11,12). The third kappa shape index (κ3) is 3.97. The molecule has 1 amide bonds. The zero-order chi connectivity index (χ0) is 9.68. The number of rotatable bonds is 1. The van der Waals surface area contributed by atoms with Gasteiger partial charge in [0.05, 0.1) is 15.2 Å². The summed E-state index contributed by atoms with van der Waals surface area (Å²) in [7, 11) is 0. The van der Waals surface area contributed by atoms with E-state index in [2.05, 4.69) is 33.1 Å². The van der Waals surface area contributed by atoms with Crippen molar-refractivity contribution in [3.8, 4) is 11.8 Å². The molecule has 0 saturated carbocycles. The SMILES string of the molecule is O=C(O)NCC#Cc1ccc(Br)s1. The topological polar surface area (TPSA) is 49.3 Å². The van der Waals surface area contributed by atoms with Crippen molar-refractivity contribution in [1.29, 1.82) is 0 Å². The highest BCUT2D eigenvalue weighted by Crippen LogP contribution is 2.20. The maximum atomic E-state index is 10.0. The molecule has 1 heterocycles.